The fourth-order valence-corrected chi connectivity index (χ4v) is 1.42. The Morgan fingerprint density at radius 2 is 1.79 bits per heavy atom. The van der Waals surface area contributed by atoms with E-state index in [9.17, 15) is 5.11 Å². The molecule has 0 saturated heterocycles. The first kappa shape index (κ1) is 11.2. The van der Waals surface area contributed by atoms with Crippen LogP contribution < -0.4 is 0 Å². The Balaban J connectivity index is 2.78. The van der Waals surface area contributed by atoms with Gasteiger partial charge in [0.2, 0.25) is 0 Å². The normalized spacial score (nSPS) is 15.5. The molecule has 1 aromatic rings. The Bertz CT molecular complexity index is 261. The Morgan fingerprint density at radius 1 is 1.21 bits per heavy atom. The van der Waals surface area contributed by atoms with Crippen LogP contribution in [0.3, 0.4) is 0 Å². The molecule has 14 heavy (non-hydrogen) atoms. The van der Waals surface area contributed by atoms with Gasteiger partial charge in [-0.15, -0.1) is 0 Å². The van der Waals surface area contributed by atoms with Crippen LogP contribution in [0.25, 0.3) is 0 Å². The molecule has 0 fully saturated rings. The summed E-state index contributed by atoms with van der Waals surface area (Å²) in [6, 6.07) is 9.12. The SMILES string of the molecule is CN(C)[C@@H](CO)[C@H](O)c1ccccc1. The molecule has 3 nitrogen and oxygen atoms in total. The van der Waals surface area contributed by atoms with Crippen molar-refractivity contribution < 1.29 is 10.2 Å². The summed E-state index contributed by atoms with van der Waals surface area (Å²) in [7, 11) is 3.68. The summed E-state index contributed by atoms with van der Waals surface area (Å²) in [5.74, 6) is 0. The van der Waals surface area contributed by atoms with Crippen molar-refractivity contribution in [1.29, 1.82) is 0 Å². The molecule has 78 valence electrons. The Labute approximate surface area is 84.6 Å². The molecule has 0 radical (unpaired) electrons. The lowest BCUT2D eigenvalue weighted by Crippen LogP contribution is -2.37. The lowest BCUT2D eigenvalue weighted by Gasteiger charge is -2.27. The lowest BCUT2D eigenvalue weighted by atomic mass is 10.0. The van der Waals surface area contributed by atoms with Crippen molar-refractivity contribution in [2.24, 2.45) is 0 Å². The second-order valence-corrected chi connectivity index (χ2v) is 3.57. The van der Waals surface area contributed by atoms with Crippen LogP contribution in [-0.2, 0) is 0 Å². The zero-order chi connectivity index (χ0) is 10.6. The quantitative estimate of drug-likeness (QED) is 0.741. The van der Waals surface area contributed by atoms with Crippen molar-refractivity contribution >= 4 is 0 Å². The standard InChI is InChI=1S/C11H17NO2/c1-12(2)10(8-13)11(14)9-6-4-3-5-7-9/h3-7,10-11,13-14H,8H2,1-2H3/t10-,11+/m0/s1. The molecule has 0 aliphatic heterocycles. The van der Waals surface area contributed by atoms with Gasteiger partial charge in [0.15, 0.2) is 0 Å². The maximum absolute atomic E-state index is 9.95. The Hall–Kier alpha value is -0.900. The van der Waals surface area contributed by atoms with Gasteiger partial charge in [-0.1, -0.05) is 30.3 Å². The summed E-state index contributed by atoms with van der Waals surface area (Å²) >= 11 is 0. The molecule has 0 amide bonds. The van der Waals surface area contributed by atoms with Crippen LogP contribution in [0.5, 0.6) is 0 Å². The Kier molecular flexibility index (Phi) is 4.07. The van der Waals surface area contributed by atoms with Gasteiger partial charge < -0.3 is 15.1 Å². The molecule has 1 aromatic carbocycles. The van der Waals surface area contributed by atoms with Crippen LogP contribution in [-0.4, -0.2) is 41.9 Å². The molecule has 2 atom stereocenters. The molecule has 0 aliphatic carbocycles. The first-order valence-electron chi connectivity index (χ1n) is 4.67. The average Bonchev–Trinajstić information content (AvgIpc) is 2.19. The minimum atomic E-state index is -0.642. The number of aliphatic hydroxyl groups excluding tert-OH is 2. The van der Waals surface area contributed by atoms with E-state index in [-0.39, 0.29) is 12.6 Å². The van der Waals surface area contributed by atoms with E-state index in [2.05, 4.69) is 0 Å². The largest absolute Gasteiger partial charge is 0.395 e. The van der Waals surface area contributed by atoms with Crippen LogP contribution >= 0.6 is 0 Å². The lowest BCUT2D eigenvalue weighted by molar-refractivity contribution is 0.0390. The molecule has 0 bridgehead atoms. The number of hydrogen-bond acceptors (Lipinski definition) is 3. The molecular weight excluding hydrogens is 178 g/mol. The monoisotopic (exact) mass is 195 g/mol. The van der Waals surface area contributed by atoms with Crippen molar-refractivity contribution in [3.63, 3.8) is 0 Å². The molecule has 0 saturated carbocycles. The minimum absolute atomic E-state index is 0.0525. The van der Waals surface area contributed by atoms with Gasteiger partial charge in [0.05, 0.1) is 18.8 Å². The first-order chi connectivity index (χ1) is 6.66. The molecule has 3 heteroatoms. The van der Waals surface area contributed by atoms with Crippen LogP contribution in [0.15, 0.2) is 30.3 Å². The molecule has 0 unspecified atom stereocenters. The predicted octanol–water partition coefficient (Wildman–Crippen LogP) is 0.643. The zero-order valence-corrected chi connectivity index (χ0v) is 8.59. The van der Waals surface area contributed by atoms with Crippen molar-refractivity contribution in [2.45, 2.75) is 12.1 Å². The van der Waals surface area contributed by atoms with Crippen LogP contribution in [0.2, 0.25) is 0 Å². The van der Waals surface area contributed by atoms with Gasteiger partial charge in [-0.3, -0.25) is 0 Å². The summed E-state index contributed by atoms with van der Waals surface area (Å²) in [6.45, 7) is -0.0525. The number of hydrogen-bond donors (Lipinski definition) is 2. The highest BCUT2D eigenvalue weighted by Gasteiger charge is 2.21. The van der Waals surface area contributed by atoms with E-state index in [0.29, 0.717) is 0 Å². The second-order valence-electron chi connectivity index (χ2n) is 3.57. The number of benzene rings is 1. The van der Waals surface area contributed by atoms with E-state index >= 15 is 0 Å². The molecule has 2 N–H and O–H groups in total. The van der Waals surface area contributed by atoms with Gasteiger partial charge in [-0.2, -0.15) is 0 Å². The van der Waals surface area contributed by atoms with E-state index in [1.54, 1.807) is 0 Å². The van der Waals surface area contributed by atoms with E-state index in [4.69, 9.17) is 5.11 Å². The number of rotatable bonds is 4. The smallest absolute Gasteiger partial charge is 0.0967 e. The number of likely N-dealkylation sites (N-methyl/N-ethyl adjacent to an activating group) is 1. The van der Waals surface area contributed by atoms with E-state index < -0.39 is 6.10 Å². The molecule has 0 spiro atoms. The summed E-state index contributed by atoms with van der Waals surface area (Å²) in [6.07, 6.45) is -0.642. The van der Waals surface area contributed by atoms with Crippen molar-refractivity contribution in [2.75, 3.05) is 20.7 Å². The van der Waals surface area contributed by atoms with Gasteiger partial charge >= 0.3 is 0 Å². The maximum atomic E-state index is 9.95. The van der Waals surface area contributed by atoms with E-state index in [0.717, 1.165) is 5.56 Å². The fourth-order valence-electron chi connectivity index (χ4n) is 1.42. The summed E-state index contributed by atoms with van der Waals surface area (Å²) in [5.41, 5.74) is 0.834. The maximum Gasteiger partial charge on any atom is 0.0967 e. The van der Waals surface area contributed by atoms with E-state index in [1.807, 2.05) is 49.3 Å². The highest BCUT2D eigenvalue weighted by atomic mass is 16.3. The van der Waals surface area contributed by atoms with Crippen LogP contribution in [0.4, 0.5) is 0 Å². The third-order valence-corrected chi connectivity index (χ3v) is 2.36. The third kappa shape index (κ3) is 2.54. The molecule has 0 aromatic heterocycles. The van der Waals surface area contributed by atoms with Gasteiger partial charge in [0, 0.05) is 0 Å². The van der Waals surface area contributed by atoms with Gasteiger partial charge in [-0.05, 0) is 19.7 Å². The van der Waals surface area contributed by atoms with Gasteiger partial charge in [0.25, 0.3) is 0 Å². The third-order valence-electron chi connectivity index (χ3n) is 2.36. The fraction of sp³-hybridized carbons (Fsp3) is 0.455. The summed E-state index contributed by atoms with van der Waals surface area (Å²) in [5, 5.41) is 19.1. The van der Waals surface area contributed by atoms with E-state index in [1.165, 1.54) is 0 Å². The van der Waals surface area contributed by atoms with Crippen molar-refractivity contribution in [1.82, 2.24) is 4.90 Å². The van der Waals surface area contributed by atoms with Crippen molar-refractivity contribution in [3.05, 3.63) is 35.9 Å². The molecule has 0 heterocycles. The predicted molar refractivity (Wildman–Crippen MR) is 56.0 cm³/mol. The Morgan fingerprint density at radius 3 is 2.21 bits per heavy atom. The minimum Gasteiger partial charge on any atom is -0.395 e. The van der Waals surface area contributed by atoms with Gasteiger partial charge in [0.1, 0.15) is 0 Å². The molecular formula is C11H17NO2. The van der Waals surface area contributed by atoms with Gasteiger partial charge in [-0.25, -0.2) is 0 Å². The molecule has 1 rings (SSSR count). The highest BCUT2D eigenvalue weighted by Crippen LogP contribution is 2.18. The summed E-state index contributed by atoms with van der Waals surface area (Å²) in [4.78, 5) is 1.82. The summed E-state index contributed by atoms with van der Waals surface area (Å²) < 4.78 is 0. The van der Waals surface area contributed by atoms with Crippen LogP contribution in [0.1, 0.15) is 11.7 Å². The first-order valence-corrected chi connectivity index (χ1v) is 4.67. The number of nitrogens with zero attached hydrogens (tertiary/aromatic N) is 1. The average molecular weight is 195 g/mol. The second kappa shape index (κ2) is 5.10. The highest BCUT2D eigenvalue weighted by molar-refractivity contribution is 5.18. The topological polar surface area (TPSA) is 43.7 Å². The number of aliphatic hydroxyl groups is 2. The van der Waals surface area contributed by atoms with Crippen molar-refractivity contribution in [3.8, 4) is 0 Å². The molecule has 0 aliphatic rings. The zero-order valence-electron chi connectivity index (χ0n) is 8.59. The van der Waals surface area contributed by atoms with Crippen LogP contribution in [0, 0.1) is 0 Å².